The number of rotatable bonds is 4. The average molecular weight is 474 g/mol. The van der Waals surface area contributed by atoms with Crippen LogP contribution >= 0.6 is 27.7 Å². The van der Waals surface area contributed by atoms with Gasteiger partial charge in [0.25, 0.3) is 5.56 Å². The number of aromatic amines is 1. The van der Waals surface area contributed by atoms with Crippen LogP contribution in [0.15, 0.2) is 56.9 Å². The van der Waals surface area contributed by atoms with Crippen molar-refractivity contribution >= 4 is 39.4 Å². The van der Waals surface area contributed by atoms with E-state index in [1.54, 1.807) is 12.1 Å². The van der Waals surface area contributed by atoms with Crippen molar-refractivity contribution < 1.29 is 9.18 Å². The maximum absolute atomic E-state index is 13.6. The smallest absolute Gasteiger partial charge is 0.257 e. The highest BCUT2D eigenvalue weighted by Gasteiger charge is 2.31. The van der Waals surface area contributed by atoms with Crippen molar-refractivity contribution in [1.82, 2.24) is 9.97 Å². The van der Waals surface area contributed by atoms with Crippen LogP contribution in [0.3, 0.4) is 0 Å². The number of H-pyrrole nitrogens is 1. The first-order valence-corrected chi connectivity index (χ1v) is 10.8. The zero-order valence-corrected chi connectivity index (χ0v) is 17.9. The van der Waals surface area contributed by atoms with Gasteiger partial charge in [-0.1, -0.05) is 47.7 Å². The number of aromatic nitrogens is 2. The monoisotopic (exact) mass is 473 g/mol. The van der Waals surface area contributed by atoms with E-state index < -0.39 is 11.7 Å². The molecule has 1 aliphatic heterocycles. The first-order chi connectivity index (χ1) is 13.9. The van der Waals surface area contributed by atoms with Crippen LogP contribution in [0.1, 0.15) is 34.6 Å². The minimum absolute atomic E-state index is 0.103. The van der Waals surface area contributed by atoms with Crippen molar-refractivity contribution in [2.24, 2.45) is 0 Å². The van der Waals surface area contributed by atoms with Crippen LogP contribution in [-0.4, -0.2) is 15.9 Å². The first-order valence-electron chi connectivity index (χ1n) is 8.98. The summed E-state index contributed by atoms with van der Waals surface area (Å²) in [5, 5.41) is 3.15. The lowest BCUT2D eigenvalue weighted by Crippen LogP contribution is -2.31. The number of hydrogen-bond acceptors (Lipinski definition) is 4. The van der Waals surface area contributed by atoms with Crippen molar-refractivity contribution in [2.45, 2.75) is 30.2 Å². The number of nitrogens with zero attached hydrogens (tertiary/aromatic N) is 1. The predicted octanol–water partition coefficient (Wildman–Crippen LogP) is 4.75. The molecule has 1 atom stereocenters. The molecule has 5 nitrogen and oxygen atoms in total. The third kappa shape index (κ3) is 4.28. The fourth-order valence-electron chi connectivity index (χ4n) is 3.39. The minimum Gasteiger partial charge on any atom is -0.310 e. The summed E-state index contributed by atoms with van der Waals surface area (Å²) in [6.45, 7) is 2.02. The van der Waals surface area contributed by atoms with E-state index in [1.165, 1.54) is 17.8 Å². The molecule has 1 aromatic heterocycles. The van der Waals surface area contributed by atoms with Gasteiger partial charge in [-0.3, -0.25) is 9.59 Å². The summed E-state index contributed by atoms with van der Waals surface area (Å²) >= 11 is 4.56. The summed E-state index contributed by atoms with van der Waals surface area (Å²) in [6, 6.07) is 12.6. The fourth-order valence-corrected chi connectivity index (χ4v) is 4.59. The van der Waals surface area contributed by atoms with Gasteiger partial charge >= 0.3 is 0 Å². The molecular formula is C21H17BrFN3O2S. The molecule has 0 unspecified atom stereocenters. The first kappa shape index (κ1) is 19.8. The summed E-state index contributed by atoms with van der Waals surface area (Å²) in [4.78, 5) is 32.4. The van der Waals surface area contributed by atoms with Crippen LogP contribution in [0, 0.1) is 12.7 Å². The van der Waals surface area contributed by atoms with Crippen LogP contribution < -0.4 is 10.9 Å². The lowest BCUT2D eigenvalue weighted by molar-refractivity contribution is -0.116. The third-order valence-corrected chi connectivity index (χ3v) is 6.29. The number of amides is 1. The summed E-state index contributed by atoms with van der Waals surface area (Å²) in [5.41, 5.74) is 3.06. The van der Waals surface area contributed by atoms with E-state index in [1.807, 2.05) is 25.1 Å². The maximum Gasteiger partial charge on any atom is 0.257 e. The van der Waals surface area contributed by atoms with Crippen molar-refractivity contribution in [3.63, 3.8) is 0 Å². The van der Waals surface area contributed by atoms with Gasteiger partial charge in [0.2, 0.25) is 5.91 Å². The molecule has 2 aromatic carbocycles. The lowest BCUT2D eigenvalue weighted by atomic mass is 9.87. The topological polar surface area (TPSA) is 74.8 Å². The largest absolute Gasteiger partial charge is 0.310 e. The SMILES string of the molecule is Cc1cccc(CSc2nc3c(c(=O)[nH]2)[C@@H](c2ccc(F)c(Br)c2)CC(=O)N3)c1. The summed E-state index contributed by atoms with van der Waals surface area (Å²) in [5.74, 6) is -0.198. The van der Waals surface area contributed by atoms with Gasteiger partial charge in [-0.2, -0.15) is 0 Å². The molecule has 29 heavy (non-hydrogen) atoms. The Kier molecular flexibility index (Phi) is 5.56. The van der Waals surface area contributed by atoms with Crippen molar-refractivity contribution in [3.05, 3.63) is 85.4 Å². The Morgan fingerprint density at radius 1 is 1.24 bits per heavy atom. The number of thioether (sulfide) groups is 1. The Morgan fingerprint density at radius 3 is 2.83 bits per heavy atom. The van der Waals surface area contributed by atoms with Gasteiger partial charge in [0.1, 0.15) is 11.6 Å². The number of hydrogen-bond donors (Lipinski definition) is 2. The number of nitrogens with one attached hydrogen (secondary N) is 2. The fraction of sp³-hybridized carbons (Fsp3) is 0.190. The molecule has 0 saturated carbocycles. The van der Waals surface area contributed by atoms with E-state index in [2.05, 4.69) is 37.3 Å². The van der Waals surface area contributed by atoms with Gasteiger partial charge in [0.05, 0.1) is 10.0 Å². The average Bonchev–Trinajstić information content (AvgIpc) is 2.67. The molecule has 0 bridgehead atoms. The Bertz CT molecular complexity index is 1160. The molecular weight excluding hydrogens is 457 g/mol. The normalized spacial score (nSPS) is 15.7. The van der Waals surface area contributed by atoms with Gasteiger partial charge in [-0.15, -0.1) is 0 Å². The highest BCUT2D eigenvalue weighted by molar-refractivity contribution is 9.10. The predicted molar refractivity (Wildman–Crippen MR) is 115 cm³/mol. The molecule has 1 amide bonds. The second-order valence-electron chi connectivity index (χ2n) is 6.89. The molecule has 4 rings (SSSR count). The molecule has 148 valence electrons. The van der Waals surface area contributed by atoms with Gasteiger partial charge < -0.3 is 10.3 Å². The summed E-state index contributed by atoms with van der Waals surface area (Å²) < 4.78 is 13.9. The highest BCUT2D eigenvalue weighted by atomic mass is 79.9. The summed E-state index contributed by atoms with van der Waals surface area (Å²) in [6.07, 6.45) is 0.103. The van der Waals surface area contributed by atoms with Crippen LogP contribution in [0.4, 0.5) is 10.2 Å². The van der Waals surface area contributed by atoms with Gasteiger partial charge in [0, 0.05) is 18.1 Å². The summed E-state index contributed by atoms with van der Waals surface area (Å²) in [7, 11) is 0. The van der Waals surface area contributed by atoms with Gasteiger partial charge in [0.15, 0.2) is 5.16 Å². The lowest BCUT2D eigenvalue weighted by Gasteiger charge is -2.24. The van der Waals surface area contributed by atoms with Gasteiger partial charge in [-0.25, -0.2) is 9.37 Å². The van der Waals surface area contributed by atoms with Crippen molar-refractivity contribution in [1.29, 1.82) is 0 Å². The molecule has 0 saturated heterocycles. The second kappa shape index (κ2) is 8.12. The number of benzene rings is 2. The van der Waals surface area contributed by atoms with E-state index in [9.17, 15) is 14.0 Å². The Labute approximate surface area is 179 Å². The zero-order chi connectivity index (χ0) is 20.5. The number of carbonyl (C=O) groups is 1. The Hall–Kier alpha value is -2.45. The molecule has 0 radical (unpaired) electrons. The maximum atomic E-state index is 13.6. The Morgan fingerprint density at radius 2 is 2.07 bits per heavy atom. The van der Waals surface area contributed by atoms with Crippen LogP contribution in [0.2, 0.25) is 0 Å². The number of aryl methyl sites for hydroxylation is 1. The van der Waals surface area contributed by atoms with Crippen LogP contribution in [0.5, 0.6) is 0 Å². The number of halogens is 2. The quantitative estimate of drug-likeness (QED) is 0.423. The molecule has 0 fully saturated rings. The Balaban J connectivity index is 1.66. The van der Waals surface area contributed by atoms with Crippen molar-refractivity contribution in [2.75, 3.05) is 5.32 Å². The van der Waals surface area contributed by atoms with E-state index in [0.29, 0.717) is 22.0 Å². The standard InChI is InChI=1S/C21H17BrFN3O2S/c1-11-3-2-4-12(7-11)10-29-21-25-19-18(20(28)26-21)14(9-17(27)24-19)13-5-6-16(23)15(22)8-13/h2-8,14H,9-10H2,1H3,(H2,24,25,26,27,28)/t14-/m1/s1. The van der Waals surface area contributed by atoms with E-state index >= 15 is 0 Å². The molecule has 2 heterocycles. The molecule has 0 aliphatic carbocycles. The molecule has 2 N–H and O–H groups in total. The molecule has 0 spiro atoms. The van der Waals surface area contributed by atoms with E-state index in [-0.39, 0.29) is 28.2 Å². The van der Waals surface area contributed by atoms with E-state index in [4.69, 9.17) is 0 Å². The minimum atomic E-state index is -0.484. The van der Waals surface area contributed by atoms with Crippen LogP contribution in [-0.2, 0) is 10.5 Å². The highest BCUT2D eigenvalue weighted by Crippen LogP contribution is 2.36. The van der Waals surface area contributed by atoms with Crippen molar-refractivity contribution in [3.8, 4) is 0 Å². The molecule has 3 aromatic rings. The van der Waals surface area contributed by atoms with Gasteiger partial charge in [-0.05, 0) is 46.1 Å². The number of carbonyl (C=O) groups excluding carboxylic acids is 1. The third-order valence-electron chi connectivity index (χ3n) is 4.73. The van der Waals surface area contributed by atoms with E-state index in [0.717, 1.165) is 11.1 Å². The van der Waals surface area contributed by atoms with Crippen LogP contribution in [0.25, 0.3) is 0 Å². The molecule has 8 heteroatoms. The zero-order valence-electron chi connectivity index (χ0n) is 15.5. The number of fused-ring (bicyclic) bond motifs is 1. The number of anilines is 1. The second-order valence-corrected chi connectivity index (χ2v) is 8.71. The molecule has 1 aliphatic rings.